The second-order valence-corrected chi connectivity index (χ2v) is 4.79. The average molecular weight is 204 g/mol. The molecule has 2 atom stereocenters. The summed E-state index contributed by atoms with van der Waals surface area (Å²) in [6, 6.07) is 8.34. The van der Waals surface area contributed by atoms with E-state index in [-0.39, 0.29) is 0 Å². The van der Waals surface area contributed by atoms with Crippen molar-refractivity contribution in [3.8, 4) is 0 Å². The highest BCUT2D eigenvalue weighted by atomic mass is 16.3. The van der Waals surface area contributed by atoms with E-state index in [0.29, 0.717) is 5.92 Å². The fourth-order valence-electron chi connectivity index (χ4n) is 2.90. The van der Waals surface area contributed by atoms with Crippen molar-refractivity contribution in [2.75, 3.05) is 0 Å². The van der Waals surface area contributed by atoms with Crippen LogP contribution in [0.1, 0.15) is 43.7 Å². The highest BCUT2D eigenvalue weighted by molar-refractivity contribution is 5.29. The molecule has 1 aromatic rings. The minimum Gasteiger partial charge on any atom is -0.385 e. The van der Waals surface area contributed by atoms with Crippen LogP contribution < -0.4 is 0 Å². The zero-order valence-corrected chi connectivity index (χ0v) is 9.66. The molecule has 2 unspecified atom stereocenters. The number of aliphatic hydroxyl groups is 1. The van der Waals surface area contributed by atoms with Gasteiger partial charge >= 0.3 is 0 Å². The number of rotatable bonds is 2. The average Bonchev–Trinajstić information content (AvgIpc) is 2.61. The molecule has 0 saturated heterocycles. The molecule has 1 aromatic carbocycles. The van der Waals surface area contributed by atoms with Gasteiger partial charge in [0.05, 0.1) is 5.60 Å². The van der Waals surface area contributed by atoms with E-state index < -0.39 is 5.60 Å². The molecule has 0 aliphatic heterocycles. The van der Waals surface area contributed by atoms with Crippen molar-refractivity contribution in [2.45, 2.75) is 45.1 Å². The van der Waals surface area contributed by atoms with Gasteiger partial charge in [0.25, 0.3) is 0 Å². The standard InChI is InChI=1S/C14H20O/c1-3-12-8-5-9-14(12,15)13-7-4-6-11(2)10-13/h4,6-7,10,12,15H,3,5,8-9H2,1-2H3. The molecular weight excluding hydrogens is 184 g/mol. The normalized spacial score (nSPS) is 30.7. The highest BCUT2D eigenvalue weighted by Crippen LogP contribution is 2.45. The molecular formula is C14H20O. The van der Waals surface area contributed by atoms with Gasteiger partial charge < -0.3 is 5.11 Å². The topological polar surface area (TPSA) is 20.2 Å². The van der Waals surface area contributed by atoms with Crippen LogP contribution in [0.5, 0.6) is 0 Å². The van der Waals surface area contributed by atoms with Gasteiger partial charge in [-0.15, -0.1) is 0 Å². The molecule has 0 aromatic heterocycles. The van der Waals surface area contributed by atoms with Gasteiger partial charge in [-0.2, -0.15) is 0 Å². The molecule has 1 fully saturated rings. The second-order valence-electron chi connectivity index (χ2n) is 4.79. The Morgan fingerprint density at radius 1 is 1.47 bits per heavy atom. The third-order valence-corrected chi connectivity index (χ3v) is 3.80. The molecule has 0 heterocycles. The lowest BCUT2D eigenvalue weighted by Crippen LogP contribution is -2.29. The van der Waals surface area contributed by atoms with Crippen molar-refractivity contribution in [3.63, 3.8) is 0 Å². The molecule has 1 N–H and O–H groups in total. The van der Waals surface area contributed by atoms with Gasteiger partial charge in [0.1, 0.15) is 0 Å². The van der Waals surface area contributed by atoms with Crippen LogP contribution in [0.15, 0.2) is 24.3 Å². The lowest BCUT2D eigenvalue weighted by atomic mass is 9.82. The van der Waals surface area contributed by atoms with Crippen molar-refractivity contribution in [1.82, 2.24) is 0 Å². The third-order valence-electron chi connectivity index (χ3n) is 3.80. The van der Waals surface area contributed by atoms with Crippen LogP contribution in [0.25, 0.3) is 0 Å². The zero-order chi connectivity index (χ0) is 10.9. The predicted molar refractivity (Wildman–Crippen MR) is 62.7 cm³/mol. The summed E-state index contributed by atoms with van der Waals surface area (Å²) in [6.07, 6.45) is 4.32. The Hall–Kier alpha value is -0.820. The van der Waals surface area contributed by atoms with E-state index in [0.717, 1.165) is 24.8 Å². The van der Waals surface area contributed by atoms with Gasteiger partial charge in [0, 0.05) is 0 Å². The first-order valence-corrected chi connectivity index (χ1v) is 5.96. The number of benzene rings is 1. The van der Waals surface area contributed by atoms with Crippen molar-refractivity contribution < 1.29 is 5.11 Å². The predicted octanol–water partition coefficient (Wildman–Crippen LogP) is 3.39. The molecule has 2 rings (SSSR count). The highest BCUT2D eigenvalue weighted by Gasteiger charge is 2.41. The summed E-state index contributed by atoms with van der Waals surface area (Å²) in [6.45, 7) is 4.26. The first-order chi connectivity index (χ1) is 7.16. The molecule has 1 aliphatic rings. The van der Waals surface area contributed by atoms with Gasteiger partial charge in [-0.05, 0) is 37.7 Å². The smallest absolute Gasteiger partial charge is 0.0924 e. The summed E-state index contributed by atoms with van der Waals surface area (Å²) >= 11 is 0. The van der Waals surface area contributed by atoms with Gasteiger partial charge in [-0.25, -0.2) is 0 Å². The van der Waals surface area contributed by atoms with Crippen LogP contribution in [0, 0.1) is 12.8 Å². The Labute approximate surface area is 92.1 Å². The first kappa shape index (κ1) is 10.7. The summed E-state index contributed by atoms with van der Waals surface area (Å²) in [7, 11) is 0. The van der Waals surface area contributed by atoms with E-state index in [9.17, 15) is 5.11 Å². The molecule has 1 nitrogen and oxygen atoms in total. The van der Waals surface area contributed by atoms with E-state index in [1.807, 2.05) is 6.07 Å². The Kier molecular flexibility index (Phi) is 2.83. The summed E-state index contributed by atoms with van der Waals surface area (Å²) in [5.74, 6) is 0.444. The fourth-order valence-corrected chi connectivity index (χ4v) is 2.90. The Morgan fingerprint density at radius 2 is 2.27 bits per heavy atom. The van der Waals surface area contributed by atoms with E-state index >= 15 is 0 Å². The third kappa shape index (κ3) is 1.81. The monoisotopic (exact) mass is 204 g/mol. The van der Waals surface area contributed by atoms with Gasteiger partial charge in [0.2, 0.25) is 0 Å². The summed E-state index contributed by atoms with van der Waals surface area (Å²) in [4.78, 5) is 0. The van der Waals surface area contributed by atoms with Crippen LogP contribution in [0.2, 0.25) is 0 Å². The summed E-state index contributed by atoms with van der Waals surface area (Å²) in [5, 5.41) is 10.7. The number of hydrogen-bond donors (Lipinski definition) is 1. The van der Waals surface area contributed by atoms with Gasteiger partial charge in [0.15, 0.2) is 0 Å². The molecule has 82 valence electrons. The SMILES string of the molecule is CCC1CCCC1(O)c1cccc(C)c1. The van der Waals surface area contributed by atoms with Crippen LogP contribution in [-0.4, -0.2) is 5.11 Å². The van der Waals surface area contributed by atoms with Crippen molar-refractivity contribution in [1.29, 1.82) is 0 Å². The lowest BCUT2D eigenvalue weighted by molar-refractivity contribution is -0.00391. The Bertz CT molecular complexity index is 345. The number of aryl methyl sites for hydroxylation is 1. The van der Waals surface area contributed by atoms with Crippen molar-refractivity contribution in [3.05, 3.63) is 35.4 Å². The lowest BCUT2D eigenvalue weighted by Gasteiger charge is -2.30. The molecule has 0 bridgehead atoms. The van der Waals surface area contributed by atoms with Crippen molar-refractivity contribution >= 4 is 0 Å². The van der Waals surface area contributed by atoms with E-state index in [1.165, 1.54) is 12.0 Å². The number of hydrogen-bond acceptors (Lipinski definition) is 1. The molecule has 1 heteroatoms. The quantitative estimate of drug-likeness (QED) is 0.783. The summed E-state index contributed by atoms with van der Waals surface area (Å²) < 4.78 is 0. The fraction of sp³-hybridized carbons (Fsp3) is 0.571. The summed E-state index contributed by atoms with van der Waals surface area (Å²) in [5.41, 5.74) is 1.80. The second kappa shape index (κ2) is 3.97. The van der Waals surface area contributed by atoms with E-state index in [4.69, 9.17) is 0 Å². The largest absolute Gasteiger partial charge is 0.385 e. The van der Waals surface area contributed by atoms with Gasteiger partial charge in [-0.1, -0.05) is 43.2 Å². The van der Waals surface area contributed by atoms with Crippen molar-refractivity contribution in [2.24, 2.45) is 5.92 Å². The Balaban J connectivity index is 2.36. The van der Waals surface area contributed by atoms with Crippen LogP contribution >= 0.6 is 0 Å². The van der Waals surface area contributed by atoms with Crippen LogP contribution in [0.3, 0.4) is 0 Å². The minimum absolute atomic E-state index is 0.444. The van der Waals surface area contributed by atoms with Crippen LogP contribution in [-0.2, 0) is 5.60 Å². The minimum atomic E-state index is -0.555. The van der Waals surface area contributed by atoms with E-state index in [2.05, 4.69) is 32.0 Å². The van der Waals surface area contributed by atoms with E-state index in [1.54, 1.807) is 0 Å². The zero-order valence-electron chi connectivity index (χ0n) is 9.66. The Morgan fingerprint density at radius 3 is 2.93 bits per heavy atom. The maximum Gasteiger partial charge on any atom is 0.0924 e. The van der Waals surface area contributed by atoms with Gasteiger partial charge in [-0.3, -0.25) is 0 Å². The first-order valence-electron chi connectivity index (χ1n) is 5.96. The maximum absolute atomic E-state index is 10.7. The molecule has 0 spiro atoms. The van der Waals surface area contributed by atoms with Crippen LogP contribution in [0.4, 0.5) is 0 Å². The maximum atomic E-state index is 10.7. The molecule has 0 amide bonds. The molecule has 0 radical (unpaired) electrons. The molecule has 1 saturated carbocycles. The molecule has 1 aliphatic carbocycles. The molecule has 15 heavy (non-hydrogen) atoms.